The number of para-hydroxylation sites is 2. The number of hydrogen-bond donors (Lipinski definition) is 3. The molecule has 4 heterocycles. The molecule has 3 aromatic rings. The molecule has 3 aliphatic heterocycles. The number of urea groups is 1. The van der Waals surface area contributed by atoms with Crippen molar-refractivity contribution in [2.45, 2.75) is 76.6 Å². The molecule has 1 aromatic heterocycles. The maximum absolute atomic E-state index is 14.1. The van der Waals surface area contributed by atoms with E-state index < -0.39 is 11.6 Å². The van der Waals surface area contributed by atoms with Gasteiger partial charge in [0.2, 0.25) is 5.91 Å². The van der Waals surface area contributed by atoms with E-state index in [9.17, 15) is 24.3 Å². The Balaban J connectivity index is 1.08. The number of likely N-dealkylation sites (tertiary alicyclic amines) is 2. The van der Waals surface area contributed by atoms with Crippen molar-refractivity contribution in [1.29, 1.82) is 0 Å². The molecule has 0 spiro atoms. The topological polar surface area (TPSA) is 143 Å². The van der Waals surface area contributed by atoms with Gasteiger partial charge in [-0.15, -0.1) is 0 Å². The van der Waals surface area contributed by atoms with E-state index in [4.69, 9.17) is 4.74 Å². The van der Waals surface area contributed by atoms with Crippen LogP contribution in [0, 0.1) is 0 Å². The number of nitrogens with one attached hydrogen (secondary N) is 2. The highest BCUT2D eigenvalue weighted by Gasteiger charge is 2.35. The molecule has 2 aromatic carbocycles. The number of halogens is 2. The number of piperidine rings is 2. The molecule has 0 bridgehead atoms. The van der Waals surface area contributed by atoms with Gasteiger partial charge in [0.1, 0.15) is 17.4 Å². The Morgan fingerprint density at radius 1 is 0.882 bits per heavy atom. The standard InChI is InChI=1S/C36H47Br2N7O6/c1-36(2,3)51-35(50)44-14-8-24(9-15-44)41-16-18-42(19-17-41)32(47)29(22-23-20-26(37)31(46)27(38)21-23)40-33(48)43-12-10-25(11-13-43)45-30-7-5-4-6-28(30)39-34(45)49/h4-7,20-21,24-25,29,46H,8-19,22H2,1-3H3,(H,39,49)(H,40,48)/t29-/m1/s1. The number of rotatable bonds is 6. The SMILES string of the molecule is CC(C)(C)OC(=O)N1CCC(N2CCN(C(=O)[C@@H](Cc3cc(Br)c(O)c(Br)c3)NC(=O)N3CCC(n4c(=O)[nH]c5ccccc54)CC3)CC2)CC1. The van der Waals surface area contributed by atoms with E-state index in [1.54, 1.807) is 26.5 Å². The summed E-state index contributed by atoms with van der Waals surface area (Å²) in [5.74, 6) is -0.0841. The summed E-state index contributed by atoms with van der Waals surface area (Å²) in [5.41, 5.74) is 1.75. The predicted molar refractivity (Wildman–Crippen MR) is 201 cm³/mol. The van der Waals surface area contributed by atoms with E-state index in [-0.39, 0.29) is 41.9 Å². The fraction of sp³-hybridized carbons (Fsp3) is 0.556. The number of aromatic amines is 1. The van der Waals surface area contributed by atoms with Crippen molar-refractivity contribution in [2.24, 2.45) is 0 Å². The molecule has 15 heteroatoms. The highest BCUT2D eigenvalue weighted by Crippen LogP contribution is 2.34. The van der Waals surface area contributed by atoms with Crippen molar-refractivity contribution in [3.8, 4) is 5.75 Å². The average molecular weight is 834 g/mol. The molecule has 51 heavy (non-hydrogen) atoms. The minimum absolute atomic E-state index is 0.0392. The number of benzene rings is 2. The van der Waals surface area contributed by atoms with Crippen LogP contribution in [0.3, 0.4) is 0 Å². The lowest BCUT2D eigenvalue weighted by Crippen LogP contribution is -2.59. The lowest BCUT2D eigenvalue weighted by molar-refractivity contribution is -0.135. The molecule has 0 aliphatic carbocycles. The normalized spacial score (nSPS) is 19.0. The van der Waals surface area contributed by atoms with Crippen LogP contribution in [-0.2, 0) is 16.0 Å². The van der Waals surface area contributed by atoms with Crippen molar-refractivity contribution < 1.29 is 24.2 Å². The molecule has 3 saturated heterocycles. The van der Waals surface area contributed by atoms with Gasteiger partial charge < -0.3 is 34.8 Å². The third-order valence-corrected chi connectivity index (χ3v) is 11.3. The van der Waals surface area contributed by atoms with Crippen molar-refractivity contribution in [2.75, 3.05) is 52.4 Å². The average Bonchev–Trinajstić information content (AvgIpc) is 3.45. The first-order chi connectivity index (χ1) is 24.3. The van der Waals surface area contributed by atoms with Crippen LogP contribution in [0.5, 0.6) is 5.75 Å². The van der Waals surface area contributed by atoms with Gasteiger partial charge in [-0.05, 0) is 108 Å². The Morgan fingerprint density at radius 2 is 1.47 bits per heavy atom. The summed E-state index contributed by atoms with van der Waals surface area (Å²) in [6.45, 7) is 10.3. The second-order valence-electron chi connectivity index (χ2n) is 14.7. The van der Waals surface area contributed by atoms with Gasteiger partial charge in [0.15, 0.2) is 0 Å². The molecule has 0 saturated carbocycles. The molecular weight excluding hydrogens is 786 g/mol. The third-order valence-electron chi connectivity index (χ3n) is 10.1. The molecule has 276 valence electrons. The van der Waals surface area contributed by atoms with Gasteiger partial charge >= 0.3 is 17.8 Å². The fourth-order valence-corrected chi connectivity index (χ4v) is 8.73. The van der Waals surface area contributed by atoms with Crippen LogP contribution in [0.2, 0.25) is 0 Å². The first-order valence-electron chi connectivity index (χ1n) is 17.7. The summed E-state index contributed by atoms with van der Waals surface area (Å²) in [6, 6.07) is 10.3. The smallest absolute Gasteiger partial charge is 0.410 e. The van der Waals surface area contributed by atoms with E-state index in [1.165, 1.54) is 0 Å². The van der Waals surface area contributed by atoms with Crippen LogP contribution in [0.1, 0.15) is 58.1 Å². The van der Waals surface area contributed by atoms with Gasteiger partial charge in [-0.25, -0.2) is 14.4 Å². The molecule has 0 radical (unpaired) electrons. The van der Waals surface area contributed by atoms with Crippen LogP contribution in [0.25, 0.3) is 11.0 Å². The van der Waals surface area contributed by atoms with Gasteiger partial charge in [0.05, 0.1) is 20.0 Å². The van der Waals surface area contributed by atoms with Crippen molar-refractivity contribution in [1.82, 2.24) is 34.5 Å². The number of amides is 4. The molecule has 3 fully saturated rings. The number of fused-ring (bicyclic) bond motifs is 1. The molecule has 6 rings (SSSR count). The van der Waals surface area contributed by atoms with Gasteiger partial charge in [-0.2, -0.15) is 0 Å². The van der Waals surface area contributed by atoms with E-state index in [2.05, 4.69) is 47.1 Å². The molecule has 1 atom stereocenters. The van der Waals surface area contributed by atoms with Crippen LogP contribution >= 0.6 is 31.9 Å². The first kappa shape index (κ1) is 37.2. The minimum Gasteiger partial charge on any atom is -0.506 e. The zero-order valence-electron chi connectivity index (χ0n) is 29.4. The van der Waals surface area contributed by atoms with E-state index >= 15 is 0 Å². The van der Waals surface area contributed by atoms with Crippen LogP contribution < -0.4 is 11.0 Å². The maximum Gasteiger partial charge on any atom is 0.410 e. The number of phenols is 1. The lowest BCUT2D eigenvalue weighted by Gasteiger charge is -2.43. The first-order valence-corrected chi connectivity index (χ1v) is 19.3. The van der Waals surface area contributed by atoms with Crippen molar-refractivity contribution in [3.05, 3.63) is 61.4 Å². The largest absolute Gasteiger partial charge is 0.506 e. The van der Waals surface area contributed by atoms with E-state index in [0.29, 0.717) is 80.2 Å². The number of ether oxygens (including phenoxy) is 1. The Morgan fingerprint density at radius 3 is 2.10 bits per heavy atom. The Kier molecular flexibility index (Phi) is 11.4. The third kappa shape index (κ3) is 8.74. The van der Waals surface area contributed by atoms with Gasteiger partial charge in [-0.1, -0.05) is 12.1 Å². The predicted octanol–water partition coefficient (Wildman–Crippen LogP) is 5.06. The number of piperazine rings is 1. The highest BCUT2D eigenvalue weighted by atomic mass is 79.9. The lowest BCUT2D eigenvalue weighted by atomic mass is 10.0. The number of imidazole rings is 1. The number of aromatic nitrogens is 2. The summed E-state index contributed by atoms with van der Waals surface area (Å²) in [4.78, 5) is 63.8. The fourth-order valence-electron chi connectivity index (χ4n) is 7.44. The summed E-state index contributed by atoms with van der Waals surface area (Å²) in [6.07, 6.45) is 2.90. The number of hydrogen-bond acceptors (Lipinski definition) is 7. The molecule has 3 aliphatic rings. The Hall–Kier alpha value is -3.56. The number of H-pyrrole nitrogens is 1. The summed E-state index contributed by atoms with van der Waals surface area (Å²) in [7, 11) is 0. The van der Waals surface area contributed by atoms with Crippen molar-refractivity contribution >= 4 is 60.9 Å². The number of carbonyl (C=O) groups excluding carboxylic acids is 3. The zero-order valence-corrected chi connectivity index (χ0v) is 32.5. The number of carbonyl (C=O) groups is 3. The number of phenolic OH excluding ortho intramolecular Hbond substituents is 1. The second kappa shape index (κ2) is 15.6. The highest BCUT2D eigenvalue weighted by molar-refractivity contribution is 9.11. The summed E-state index contributed by atoms with van der Waals surface area (Å²) < 4.78 is 8.33. The monoisotopic (exact) mass is 831 g/mol. The number of nitrogens with zero attached hydrogens (tertiary/aromatic N) is 5. The van der Waals surface area contributed by atoms with E-state index in [1.807, 2.05) is 49.9 Å². The van der Waals surface area contributed by atoms with Gasteiger partial charge in [-0.3, -0.25) is 14.3 Å². The minimum atomic E-state index is -0.821. The molecular formula is C36H47Br2N7O6. The number of aromatic hydroxyl groups is 1. The molecule has 0 unspecified atom stereocenters. The van der Waals surface area contributed by atoms with Gasteiger partial charge in [0, 0.05) is 70.9 Å². The molecule has 13 nitrogen and oxygen atoms in total. The summed E-state index contributed by atoms with van der Waals surface area (Å²) in [5, 5.41) is 13.3. The summed E-state index contributed by atoms with van der Waals surface area (Å²) >= 11 is 6.79. The second-order valence-corrected chi connectivity index (χ2v) is 16.4. The van der Waals surface area contributed by atoms with Crippen molar-refractivity contribution in [3.63, 3.8) is 0 Å². The Bertz CT molecular complexity index is 1780. The van der Waals surface area contributed by atoms with Gasteiger partial charge in [0.25, 0.3) is 0 Å². The van der Waals surface area contributed by atoms with Crippen LogP contribution in [0.15, 0.2) is 50.1 Å². The quantitative estimate of drug-likeness (QED) is 0.315. The zero-order chi connectivity index (χ0) is 36.4. The maximum atomic E-state index is 14.1. The van der Waals surface area contributed by atoms with E-state index in [0.717, 1.165) is 29.4 Å². The molecule has 4 amide bonds. The molecule has 3 N–H and O–H groups in total. The van der Waals surface area contributed by atoms with Crippen LogP contribution in [-0.4, -0.2) is 122 Å². The van der Waals surface area contributed by atoms with Crippen LogP contribution in [0.4, 0.5) is 9.59 Å². The Labute approximate surface area is 314 Å².